The normalized spacial score (nSPS) is 10.3. The van der Waals surface area contributed by atoms with E-state index in [9.17, 15) is 4.79 Å². The first-order valence-electron chi connectivity index (χ1n) is 6.54. The first kappa shape index (κ1) is 13.1. The zero-order valence-electron chi connectivity index (χ0n) is 11.5. The molecule has 5 heteroatoms. The number of anilines is 1. The maximum absolute atomic E-state index is 12.0. The highest BCUT2D eigenvalue weighted by Crippen LogP contribution is 2.19. The molecule has 0 aliphatic rings. The number of hydrogen-bond acceptors (Lipinski definition) is 3. The Hall–Kier alpha value is -2.95. The van der Waals surface area contributed by atoms with Gasteiger partial charge in [-0.15, -0.1) is 0 Å². The van der Waals surface area contributed by atoms with Gasteiger partial charge in [-0.25, -0.2) is 4.98 Å². The summed E-state index contributed by atoms with van der Waals surface area (Å²) in [7, 11) is 1.78. The number of benzene rings is 1. The average molecular weight is 278 g/mol. The van der Waals surface area contributed by atoms with E-state index < -0.39 is 0 Å². The molecule has 0 fully saturated rings. The highest BCUT2D eigenvalue weighted by Gasteiger charge is 2.10. The number of nitrogens with one attached hydrogen (secondary N) is 1. The van der Waals surface area contributed by atoms with Gasteiger partial charge in [0.15, 0.2) is 5.82 Å². The minimum Gasteiger partial charge on any atom is -0.330 e. The van der Waals surface area contributed by atoms with Crippen LogP contribution in [-0.4, -0.2) is 20.4 Å². The number of aryl methyl sites for hydroxylation is 1. The minimum atomic E-state index is -0.229. The third kappa shape index (κ3) is 2.81. The number of carbonyl (C=O) groups excluding carboxylic acids is 1. The van der Waals surface area contributed by atoms with Crippen molar-refractivity contribution >= 4 is 11.6 Å². The topological polar surface area (TPSA) is 59.8 Å². The van der Waals surface area contributed by atoms with E-state index >= 15 is 0 Å². The summed E-state index contributed by atoms with van der Waals surface area (Å²) in [5.74, 6) is 0.150. The Morgan fingerprint density at radius 1 is 1.05 bits per heavy atom. The smallest absolute Gasteiger partial charge is 0.291 e. The Labute approximate surface area is 122 Å². The van der Waals surface area contributed by atoms with Crippen molar-refractivity contribution in [3.05, 3.63) is 66.9 Å². The predicted octanol–water partition coefficient (Wildman–Crippen LogP) is 2.73. The van der Waals surface area contributed by atoms with Gasteiger partial charge in [0, 0.05) is 36.9 Å². The van der Waals surface area contributed by atoms with E-state index in [1.54, 1.807) is 30.2 Å². The highest BCUT2D eigenvalue weighted by atomic mass is 16.2. The van der Waals surface area contributed by atoms with Crippen molar-refractivity contribution < 1.29 is 4.79 Å². The zero-order valence-corrected chi connectivity index (χ0v) is 11.5. The van der Waals surface area contributed by atoms with Gasteiger partial charge >= 0.3 is 0 Å². The van der Waals surface area contributed by atoms with Crippen molar-refractivity contribution in [1.82, 2.24) is 14.5 Å². The fourth-order valence-corrected chi connectivity index (χ4v) is 2.03. The number of rotatable bonds is 3. The molecule has 0 unspecified atom stereocenters. The molecular weight excluding hydrogens is 264 g/mol. The predicted molar refractivity (Wildman–Crippen MR) is 80.8 cm³/mol. The lowest BCUT2D eigenvalue weighted by Gasteiger charge is -2.06. The monoisotopic (exact) mass is 278 g/mol. The van der Waals surface area contributed by atoms with Crippen LogP contribution in [0.15, 0.2) is 61.1 Å². The van der Waals surface area contributed by atoms with E-state index in [1.807, 2.05) is 42.5 Å². The molecule has 0 saturated heterocycles. The molecule has 1 amide bonds. The summed E-state index contributed by atoms with van der Waals surface area (Å²) in [5.41, 5.74) is 2.63. The molecule has 2 aromatic heterocycles. The summed E-state index contributed by atoms with van der Waals surface area (Å²) in [4.78, 5) is 20.4. The van der Waals surface area contributed by atoms with Crippen LogP contribution in [0.4, 0.5) is 5.69 Å². The maximum atomic E-state index is 12.0. The molecule has 0 saturated carbocycles. The number of pyridine rings is 1. The first-order chi connectivity index (χ1) is 10.2. The van der Waals surface area contributed by atoms with Crippen LogP contribution in [0.2, 0.25) is 0 Å². The van der Waals surface area contributed by atoms with Gasteiger partial charge in [0.05, 0.1) is 5.69 Å². The average Bonchev–Trinajstić information content (AvgIpc) is 2.95. The first-order valence-corrected chi connectivity index (χ1v) is 6.54. The van der Waals surface area contributed by atoms with Crippen molar-refractivity contribution in [2.24, 2.45) is 7.05 Å². The molecule has 3 rings (SSSR count). The molecule has 0 bridgehead atoms. The second-order valence-electron chi connectivity index (χ2n) is 4.61. The quantitative estimate of drug-likeness (QED) is 0.801. The van der Waals surface area contributed by atoms with Crippen molar-refractivity contribution in [3.8, 4) is 11.3 Å². The molecule has 3 aromatic rings. The third-order valence-corrected chi connectivity index (χ3v) is 3.13. The van der Waals surface area contributed by atoms with Crippen molar-refractivity contribution in [2.75, 3.05) is 5.32 Å². The van der Waals surface area contributed by atoms with E-state index in [-0.39, 0.29) is 5.91 Å². The van der Waals surface area contributed by atoms with Crippen LogP contribution in [0, 0.1) is 0 Å². The maximum Gasteiger partial charge on any atom is 0.291 e. The number of nitrogens with zero attached hydrogens (tertiary/aromatic N) is 3. The Balaban J connectivity index is 1.76. The van der Waals surface area contributed by atoms with Crippen molar-refractivity contribution in [3.63, 3.8) is 0 Å². The Bertz CT molecular complexity index is 747. The number of aromatic nitrogens is 3. The lowest BCUT2D eigenvalue weighted by molar-refractivity contribution is 0.101. The zero-order chi connectivity index (χ0) is 14.7. The largest absolute Gasteiger partial charge is 0.330 e. The Morgan fingerprint density at radius 2 is 1.86 bits per heavy atom. The minimum absolute atomic E-state index is 0.229. The Kier molecular flexibility index (Phi) is 3.47. The van der Waals surface area contributed by atoms with Crippen LogP contribution in [-0.2, 0) is 7.05 Å². The highest BCUT2D eigenvalue weighted by molar-refractivity contribution is 6.01. The number of hydrogen-bond donors (Lipinski definition) is 1. The SMILES string of the molecule is Cn1ccnc1C(=O)Nc1ccc(-c2ccccn2)cc1. The van der Waals surface area contributed by atoms with Gasteiger partial charge in [-0.05, 0) is 24.3 Å². The number of imidazole rings is 1. The van der Waals surface area contributed by atoms with E-state index in [2.05, 4.69) is 15.3 Å². The third-order valence-electron chi connectivity index (χ3n) is 3.13. The van der Waals surface area contributed by atoms with Gasteiger partial charge in [0.2, 0.25) is 0 Å². The summed E-state index contributed by atoms with van der Waals surface area (Å²) in [6.07, 6.45) is 5.09. The molecule has 2 heterocycles. The van der Waals surface area contributed by atoms with Crippen LogP contribution >= 0.6 is 0 Å². The summed E-state index contributed by atoms with van der Waals surface area (Å²) >= 11 is 0. The standard InChI is InChI=1S/C16H14N4O/c1-20-11-10-18-15(20)16(21)19-13-7-5-12(6-8-13)14-4-2-3-9-17-14/h2-11H,1H3,(H,19,21). The Morgan fingerprint density at radius 3 is 2.48 bits per heavy atom. The molecule has 0 radical (unpaired) electrons. The fourth-order valence-electron chi connectivity index (χ4n) is 2.03. The van der Waals surface area contributed by atoms with Gasteiger partial charge in [-0.3, -0.25) is 9.78 Å². The fraction of sp³-hybridized carbons (Fsp3) is 0.0625. The molecular formula is C16H14N4O. The van der Waals surface area contributed by atoms with Crippen LogP contribution in [0.25, 0.3) is 11.3 Å². The summed E-state index contributed by atoms with van der Waals surface area (Å²) in [6, 6.07) is 13.3. The van der Waals surface area contributed by atoms with Crippen LogP contribution < -0.4 is 5.32 Å². The van der Waals surface area contributed by atoms with Crippen molar-refractivity contribution in [1.29, 1.82) is 0 Å². The molecule has 0 spiro atoms. The molecule has 0 aliphatic heterocycles. The van der Waals surface area contributed by atoms with Gasteiger partial charge in [0.25, 0.3) is 5.91 Å². The second-order valence-corrected chi connectivity index (χ2v) is 4.61. The van der Waals surface area contributed by atoms with Crippen LogP contribution in [0.3, 0.4) is 0 Å². The molecule has 5 nitrogen and oxygen atoms in total. The molecule has 1 aromatic carbocycles. The molecule has 21 heavy (non-hydrogen) atoms. The van der Waals surface area contributed by atoms with E-state index in [0.717, 1.165) is 16.9 Å². The molecule has 0 atom stereocenters. The number of carbonyl (C=O) groups is 1. The summed E-state index contributed by atoms with van der Waals surface area (Å²) < 4.78 is 1.68. The molecule has 1 N–H and O–H groups in total. The van der Waals surface area contributed by atoms with E-state index in [1.165, 1.54) is 0 Å². The lowest BCUT2D eigenvalue weighted by Crippen LogP contribution is -2.16. The van der Waals surface area contributed by atoms with Crippen LogP contribution in [0.1, 0.15) is 10.6 Å². The van der Waals surface area contributed by atoms with Crippen LogP contribution in [0.5, 0.6) is 0 Å². The van der Waals surface area contributed by atoms with Crippen molar-refractivity contribution in [2.45, 2.75) is 0 Å². The lowest BCUT2D eigenvalue weighted by atomic mass is 10.1. The van der Waals surface area contributed by atoms with Gasteiger partial charge < -0.3 is 9.88 Å². The second kappa shape index (κ2) is 5.58. The molecule has 104 valence electrons. The summed E-state index contributed by atoms with van der Waals surface area (Å²) in [6.45, 7) is 0. The molecule has 0 aliphatic carbocycles. The number of amides is 1. The van der Waals surface area contributed by atoms with E-state index in [0.29, 0.717) is 5.82 Å². The van der Waals surface area contributed by atoms with E-state index in [4.69, 9.17) is 0 Å². The van der Waals surface area contributed by atoms with Gasteiger partial charge in [-0.2, -0.15) is 0 Å². The summed E-state index contributed by atoms with van der Waals surface area (Å²) in [5, 5.41) is 2.82. The van der Waals surface area contributed by atoms with Gasteiger partial charge in [0.1, 0.15) is 0 Å². The van der Waals surface area contributed by atoms with Gasteiger partial charge in [-0.1, -0.05) is 18.2 Å².